The Morgan fingerprint density at radius 3 is 1.33 bits per heavy atom. The summed E-state index contributed by atoms with van der Waals surface area (Å²) in [5.41, 5.74) is 17.0. The van der Waals surface area contributed by atoms with Gasteiger partial charge in [0.2, 0.25) is 11.8 Å². The Morgan fingerprint density at radius 1 is 0.481 bits per heavy atom. The number of carbonyl (C=O) groups is 2. The quantitative estimate of drug-likeness (QED) is 0.0474. The summed E-state index contributed by atoms with van der Waals surface area (Å²) in [7, 11) is 1.64. The highest BCUT2D eigenvalue weighted by Gasteiger charge is 2.45. The maximum Gasteiger partial charge on any atom is 0.227 e. The van der Waals surface area contributed by atoms with Crippen molar-refractivity contribution in [1.29, 1.82) is 0 Å². The minimum atomic E-state index is -0.278. The van der Waals surface area contributed by atoms with Crippen molar-refractivity contribution in [3.8, 4) is 39.9 Å². The number of piperidine rings is 3. The minimum Gasteiger partial charge on any atom is -0.497 e. The molecule has 0 radical (unpaired) electrons. The molecular formula is C82H89FN22O3. The first-order valence-corrected chi connectivity index (χ1v) is 36.8. The molecule has 2 unspecified atom stereocenters. The van der Waals surface area contributed by atoms with Gasteiger partial charge in [-0.3, -0.25) is 34.8 Å². The van der Waals surface area contributed by atoms with Crippen molar-refractivity contribution in [3.05, 3.63) is 250 Å². The van der Waals surface area contributed by atoms with Crippen LogP contribution in [0.3, 0.4) is 0 Å². The number of hydrogen-bond acceptors (Lipinski definition) is 20. The van der Waals surface area contributed by atoms with E-state index in [2.05, 4.69) is 92.9 Å². The van der Waals surface area contributed by atoms with E-state index in [1.54, 1.807) is 19.4 Å². The first-order chi connectivity index (χ1) is 52.5. The molecule has 26 heteroatoms. The molecular weight excluding hydrogens is 1360 g/mol. The highest BCUT2D eigenvalue weighted by molar-refractivity contribution is 5.92. The van der Waals surface area contributed by atoms with E-state index in [0.717, 1.165) is 197 Å². The van der Waals surface area contributed by atoms with Crippen molar-refractivity contribution in [2.45, 2.75) is 118 Å². The van der Waals surface area contributed by atoms with Crippen molar-refractivity contribution in [3.63, 3.8) is 0 Å². The predicted octanol–water partition coefficient (Wildman–Crippen LogP) is 11.8. The van der Waals surface area contributed by atoms with Gasteiger partial charge in [-0.1, -0.05) is 30.3 Å². The number of para-hydroxylation sites is 1. The molecule has 17 rings (SSSR count). The molecule has 2 aromatic carbocycles. The summed E-state index contributed by atoms with van der Waals surface area (Å²) < 4.78 is 18.7. The lowest BCUT2D eigenvalue weighted by Gasteiger charge is -2.56. The van der Waals surface area contributed by atoms with E-state index < -0.39 is 0 Å². The van der Waals surface area contributed by atoms with Crippen LogP contribution in [0.2, 0.25) is 0 Å². The Labute approximate surface area is 627 Å². The number of rotatable bonds is 20. The van der Waals surface area contributed by atoms with Gasteiger partial charge in [0.1, 0.15) is 29.0 Å². The third kappa shape index (κ3) is 18.8. The third-order valence-electron chi connectivity index (χ3n) is 19.9. The molecule has 5 aliphatic heterocycles. The summed E-state index contributed by atoms with van der Waals surface area (Å²) >= 11 is 0. The number of aromatic amines is 3. The number of methoxy groups -OCH3 is 1. The second kappa shape index (κ2) is 33.6. The molecule has 0 spiro atoms. The Bertz CT molecular complexity index is 5010. The van der Waals surface area contributed by atoms with Gasteiger partial charge >= 0.3 is 0 Å². The van der Waals surface area contributed by atoms with Gasteiger partial charge in [-0.05, 0) is 188 Å². The number of hydrogen-bond donors (Lipinski definition) is 5. The molecule has 5 saturated heterocycles. The summed E-state index contributed by atoms with van der Waals surface area (Å²) in [4.78, 5) is 80.9. The summed E-state index contributed by atoms with van der Waals surface area (Å²) in [6, 6.07) is 44.1. The lowest BCUT2D eigenvalue weighted by Crippen LogP contribution is -2.68. The highest BCUT2D eigenvalue weighted by Crippen LogP contribution is 2.36. The average molecular weight is 1450 g/mol. The number of benzene rings is 2. The lowest BCUT2D eigenvalue weighted by molar-refractivity contribution is -0.125. The van der Waals surface area contributed by atoms with Gasteiger partial charge in [0.15, 0.2) is 17.5 Å². The van der Waals surface area contributed by atoms with Gasteiger partial charge in [0.25, 0.3) is 0 Å². The van der Waals surface area contributed by atoms with Gasteiger partial charge in [0.05, 0.1) is 47.5 Å². The zero-order valence-corrected chi connectivity index (χ0v) is 61.9. The summed E-state index contributed by atoms with van der Waals surface area (Å²) in [6.07, 6.45) is 14.9. The summed E-state index contributed by atoms with van der Waals surface area (Å²) in [5, 5.41) is 28.0. The number of H-pyrrole nitrogens is 3. The fraction of sp³-hybridized carbons (Fsp3) is 0.329. The van der Waals surface area contributed by atoms with Gasteiger partial charge in [-0.25, -0.2) is 49.2 Å². The number of halogens is 1. The first-order valence-electron chi connectivity index (χ1n) is 36.8. The van der Waals surface area contributed by atoms with Crippen LogP contribution in [0.5, 0.6) is 5.75 Å². The molecule has 0 saturated carbocycles. The number of aromatic nitrogens is 16. The average Bonchev–Trinajstić information content (AvgIpc) is 0.983. The standard InChI is InChI=1S/C29H33N7O2.C27H29N7O.C26H27FN8/c1-19-14-24(16-25-15-20(2)34-35-25)33-28(32-19)23-6-9-27(30-18-23)36-12-10-22(11-13-36)29(37)31-17-21-4-7-26(38-3)8-5-21;1-18-14-23(16-24-15-19(2)32-33-24)30-26(29-18)21-8-9-25(28-17-21)34-12-10-20(11-13-34)27(35)31-22-6-4-3-5-7-22;1-16-5-21(8-22-6-17(2)32-33-22)31-26(30-16)19-3-4-25(29-11-19)34-14-23-9-24(15-34)35(23)13-18-7-20(27)12-28-10-18/h4-9,14-15,18,22H,10-13,16-17H2,1-3H3,(H,31,37)(H,34,35);3-9,14-15,17,20H,10-13,16H2,1-2H3,(H,31,35)(H,32,33);3-7,10-12,23-24H,8-9,13-15H2,1-2H3,(H,32,33). The fourth-order valence-electron chi connectivity index (χ4n) is 14.4. The van der Waals surface area contributed by atoms with Crippen molar-refractivity contribution < 1.29 is 18.7 Å². The Balaban J connectivity index is 0.000000136. The van der Waals surface area contributed by atoms with Crippen LogP contribution in [-0.2, 0) is 41.9 Å². The van der Waals surface area contributed by atoms with Crippen LogP contribution >= 0.6 is 0 Å². The summed E-state index contributed by atoms with van der Waals surface area (Å²) in [6.45, 7) is 18.2. The molecule has 2 amide bonds. The van der Waals surface area contributed by atoms with Crippen LogP contribution in [0, 0.1) is 59.2 Å². The largest absolute Gasteiger partial charge is 0.497 e. The molecule has 2 bridgehead atoms. The number of carbonyl (C=O) groups excluding carboxylic acids is 2. The maximum atomic E-state index is 13.5. The van der Waals surface area contributed by atoms with Crippen LogP contribution in [0.1, 0.15) is 112 Å². The Kier molecular flexibility index (Phi) is 22.7. The van der Waals surface area contributed by atoms with E-state index in [-0.39, 0.29) is 29.5 Å². The number of pyridine rings is 4. The molecule has 12 aromatic rings. The van der Waals surface area contributed by atoms with E-state index in [0.29, 0.717) is 55.4 Å². The van der Waals surface area contributed by atoms with Crippen molar-refractivity contribution >= 4 is 35.0 Å². The van der Waals surface area contributed by atoms with E-state index >= 15 is 0 Å². The number of piperazine rings is 1. The van der Waals surface area contributed by atoms with Crippen LogP contribution in [0.25, 0.3) is 34.2 Å². The third-order valence-corrected chi connectivity index (χ3v) is 19.9. The highest BCUT2D eigenvalue weighted by atomic mass is 19.1. The van der Waals surface area contributed by atoms with Crippen molar-refractivity contribution in [2.75, 3.05) is 66.4 Å². The molecule has 5 N–H and O–H groups in total. The van der Waals surface area contributed by atoms with E-state index in [1.165, 1.54) is 12.6 Å². The molecule has 108 heavy (non-hydrogen) atoms. The molecule has 552 valence electrons. The molecule has 0 aliphatic carbocycles. The molecule has 2 atom stereocenters. The Morgan fingerprint density at radius 2 is 0.926 bits per heavy atom. The van der Waals surface area contributed by atoms with Gasteiger partial charge < -0.3 is 30.1 Å². The molecule has 15 heterocycles. The van der Waals surface area contributed by atoms with Crippen molar-refractivity contribution in [1.82, 2.24) is 90.6 Å². The van der Waals surface area contributed by atoms with Crippen molar-refractivity contribution in [2.24, 2.45) is 11.8 Å². The topological polar surface area (TPSA) is 295 Å². The van der Waals surface area contributed by atoms with Crippen LogP contribution < -0.4 is 30.1 Å². The molecule has 10 aromatic heterocycles. The number of nitrogens with zero attached hydrogens (tertiary/aromatic N) is 17. The minimum absolute atomic E-state index is 0.0150. The van der Waals surface area contributed by atoms with Gasteiger partial charge in [-0.15, -0.1) is 0 Å². The van der Waals surface area contributed by atoms with Crippen LogP contribution in [-0.4, -0.2) is 156 Å². The number of amides is 2. The van der Waals surface area contributed by atoms with E-state index in [9.17, 15) is 14.0 Å². The second-order valence-corrected chi connectivity index (χ2v) is 28.4. The smallest absolute Gasteiger partial charge is 0.227 e. The zero-order valence-electron chi connectivity index (χ0n) is 61.9. The van der Waals surface area contributed by atoms with Gasteiger partial charge in [-0.2, -0.15) is 15.3 Å². The zero-order chi connectivity index (χ0) is 74.6. The SMILES string of the molecule is COc1ccc(CNC(=O)C2CCN(c3ccc(-c4nc(C)cc(Cc5cc(C)[nH]n5)n4)cn3)CC2)cc1.Cc1cc(Cc2cc(C)[nH]n2)nc(-c2ccc(N3CC4CC(C3)N4Cc3cncc(F)c3)nc2)n1.Cc1cc(Cc2cc(C)[nH]n2)nc(-c2ccc(N3CCC(C(=O)Nc4ccccc4)CC3)nc2)n1. The number of nitrogens with one attached hydrogen (secondary N) is 5. The molecule has 5 fully saturated rings. The normalized spacial score (nSPS) is 15.8. The lowest BCUT2D eigenvalue weighted by atomic mass is 9.87. The van der Waals surface area contributed by atoms with E-state index in [4.69, 9.17) is 34.6 Å². The van der Waals surface area contributed by atoms with Crippen LogP contribution in [0.15, 0.2) is 164 Å². The Hall–Kier alpha value is -12.1. The first kappa shape index (κ1) is 72.9. The monoisotopic (exact) mass is 1450 g/mol. The fourth-order valence-corrected chi connectivity index (χ4v) is 14.4. The van der Waals surface area contributed by atoms with Crippen LogP contribution in [0.4, 0.5) is 27.5 Å². The molecule has 25 nitrogen and oxygen atoms in total. The van der Waals surface area contributed by atoms with Gasteiger partial charge in [0, 0.05) is 177 Å². The number of fused-ring (bicyclic) bond motifs is 2. The second-order valence-electron chi connectivity index (χ2n) is 28.4. The number of aryl methyl sites for hydroxylation is 6. The molecule has 5 aliphatic rings. The maximum absolute atomic E-state index is 13.5. The number of anilines is 4. The predicted molar refractivity (Wildman–Crippen MR) is 412 cm³/mol. The summed E-state index contributed by atoms with van der Waals surface area (Å²) in [5.74, 6) is 5.58. The number of ether oxygens (including phenoxy) is 1. The van der Waals surface area contributed by atoms with E-state index in [1.807, 2.05) is 175 Å².